The molecule has 0 unspecified atom stereocenters. The van der Waals surface area contributed by atoms with Gasteiger partial charge in [0.2, 0.25) is 0 Å². The zero-order chi connectivity index (χ0) is 14.2. The molecule has 20 heavy (non-hydrogen) atoms. The molecule has 0 atom stereocenters. The number of nitriles is 1. The Labute approximate surface area is 113 Å². The number of sulfonamides is 1. The molecule has 0 saturated carbocycles. The molecule has 0 aliphatic carbocycles. The maximum Gasteiger partial charge on any atom is 0.297 e. The lowest BCUT2D eigenvalue weighted by molar-refractivity contribution is 0.448. The minimum atomic E-state index is -3.84. The van der Waals surface area contributed by atoms with Crippen LogP contribution in [0.1, 0.15) is 5.56 Å². The van der Waals surface area contributed by atoms with E-state index in [2.05, 4.69) is 14.7 Å². The van der Waals surface area contributed by atoms with Crippen LogP contribution in [0.2, 0.25) is 0 Å². The molecule has 0 amide bonds. The second-order valence-corrected chi connectivity index (χ2v) is 5.58. The molecule has 100 valence electrons. The van der Waals surface area contributed by atoms with Crippen LogP contribution in [0.4, 0.5) is 5.69 Å². The summed E-state index contributed by atoms with van der Waals surface area (Å²) < 4.78 is 31.3. The topological polar surface area (TPSA) is 112 Å². The molecule has 0 radical (unpaired) electrons. The minimum Gasteiger partial charge on any atom is -0.430 e. The quantitative estimate of drug-likeness (QED) is 0.763. The van der Waals surface area contributed by atoms with Gasteiger partial charge in [0.25, 0.3) is 15.1 Å². The summed E-state index contributed by atoms with van der Waals surface area (Å²) in [6, 6.07) is 7.02. The first-order valence-electron chi connectivity index (χ1n) is 5.53. The van der Waals surface area contributed by atoms with Gasteiger partial charge in [0, 0.05) is 11.6 Å². The second kappa shape index (κ2) is 4.40. The Morgan fingerprint density at radius 1 is 1.40 bits per heavy atom. The zero-order valence-electron chi connectivity index (χ0n) is 9.99. The summed E-state index contributed by atoms with van der Waals surface area (Å²) in [6.45, 7) is 0. The average Bonchev–Trinajstić information content (AvgIpc) is 3.08. The van der Waals surface area contributed by atoms with Gasteiger partial charge >= 0.3 is 0 Å². The number of hydrogen-bond donors (Lipinski definition) is 2. The number of para-hydroxylation sites is 1. The molecule has 0 fully saturated rings. The van der Waals surface area contributed by atoms with Crippen LogP contribution in [-0.2, 0) is 10.0 Å². The third kappa shape index (κ3) is 1.90. The van der Waals surface area contributed by atoms with Crippen molar-refractivity contribution in [2.75, 3.05) is 4.72 Å². The van der Waals surface area contributed by atoms with Gasteiger partial charge in [-0.25, -0.2) is 4.98 Å². The van der Waals surface area contributed by atoms with E-state index in [9.17, 15) is 8.42 Å². The number of H-pyrrole nitrogens is 1. The molecule has 3 aromatic rings. The number of nitrogens with one attached hydrogen (secondary N) is 2. The first-order valence-corrected chi connectivity index (χ1v) is 7.01. The van der Waals surface area contributed by atoms with E-state index in [4.69, 9.17) is 9.68 Å². The maximum absolute atomic E-state index is 12.1. The van der Waals surface area contributed by atoms with Gasteiger partial charge in [-0.15, -0.1) is 0 Å². The highest BCUT2D eigenvalue weighted by molar-refractivity contribution is 7.92. The van der Waals surface area contributed by atoms with E-state index in [1.54, 1.807) is 18.2 Å². The lowest BCUT2D eigenvalue weighted by atomic mass is 10.2. The molecule has 1 aromatic carbocycles. The zero-order valence-corrected chi connectivity index (χ0v) is 10.8. The van der Waals surface area contributed by atoms with Crippen LogP contribution in [0.5, 0.6) is 0 Å². The molecule has 0 aliphatic heterocycles. The fraction of sp³-hybridized carbons (Fsp3) is 0. The van der Waals surface area contributed by atoms with Gasteiger partial charge < -0.3 is 9.40 Å². The minimum absolute atomic E-state index is 0.276. The van der Waals surface area contributed by atoms with Crippen molar-refractivity contribution in [3.63, 3.8) is 0 Å². The summed E-state index contributed by atoms with van der Waals surface area (Å²) in [4.78, 5) is 6.45. The van der Waals surface area contributed by atoms with Gasteiger partial charge in [0.1, 0.15) is 6.07 Å². The molecule has 3 rings (SSSR count). The molecule has 2 aromatic heterocycles. The van der Waals surface area contributed by atoms with Gasteiger partial charge in [0.05, 0.1) is 23.0 Å². The molecule has 0 spiro atoms. The van der Waals surface area contributed by atoms with Crippen LogP contribution >= 0.6 is 0 Å². The number of aromatic amines is 1. The lowest BCUT2D eigenvalue weighted by Crippen LogP contribution is -2.12. The summed E-state index contributed by atoms with van der Waals surface area (Å²) in [5.74, 6) is 0. The van der Waals surface area contributed by atoms with Crippen molar-refractivity contribution in [2.45, 2.75) is 5.09 Å². The number of rotatable bonds is 3. The molecular formula is C12H8N4O3S. The van der Waals surface area contributed by atoms with Crippen molar-refractivity contribution in [3.05, 3.63) is 42.5 Å². The van der Waals surface area contributed by atoms with Crippen molar-refractivity contribution in [3.8, 4) is 6.07 Å². The summed E-state index contributed by atoms with van der Waals surface area (Å²) in [7, 11) is -3.84. The van der Waals surface area contributed by atoms with Crippen LogP contribution in [0.3, 0.4) is 0 Å². The van der Waals surface area contributed by atoms with Crippen molar-refractivity contribution in [1.82, 2.24) is 9.97 Å². The van der Waals surface area contributed by atoms with Gasteiger partial charge in [-0.3, -0.25) is 4.72 Å². The number of fused-ring (bicyclic) bond motifs is 1. The van der Waals surface area contributed by atoms with Crippen LogP contribution in [0, 0.1) is 11.3 Å². The molecule has 0 bridgehead atoms. The second-order valence-electron chi connectivity index (χ2n) is 3.97. The predicted molar refractivity (Wildman–Crippen MR) is 70.3 cm³/mol. The molecular weight excluding hydrogens is 280 g/mol. The average molecular weight is 288 g/mol. The van der Waals surface area contributed by atoms with Crippen molar-refractivity contribution < 1.29 is 12.8 Å². The molecule has 2 N–H and O–H groups in total. The maximum atomic E-state index is 12.1. The largest absolute Gasteiger partial charge is 0.430 e. The highest BCUT2D eigenvalue weighted by Crippen LogP contribution is 2.26. The number of nitrogens with zero attached hydrogens (tertiary/aromatic N) is 2. The predicted octanol–water partition coefficient (Wildman–Crippen LogP) is 1.83. The van der Waals surface area contributed by atoms with Crippen LogP contribution in [0.25, 0.3) is 10.9 Å². The van der Waals surface area contributed by atoms with Gasteiger partial charge in [-0.1, -0.05) is 12.1 Å². The Kier molecular flexibility index (Phi) is 2.69. The van der Waals surface area contributed by atoms with Gasteiger partial charge in [0.15, 0.2) is 6.39 Å². The normalized spacial score (nSPS) is 11.3. The highest BCUT2D eigenvalue weighted by atomic mass is 32.2. The Hall–Kier alpha value is -2.79. The Bertz CT molecular complexity index is 904. The molecule has 0 saturated heterocycles. The molecule has 2 heterocycles. The van der Waals surface area contributed by atoms with Crippen LogP contribution < -0.4 is 4.72 Å². The van der Waals surface area contributed by atoms with E-state index < -0.39 is 10.0 Å². The van der Waals surface area contributed by atoms with E-state index in [-0.39, 0.29) is 5.09 Å². The fourth-order valence-electron chi connectivity index (χ4n) is 1.86. The Balaban J connectivity index is 2.09. The van der Waals surface area contributed by atoms with Crippen molar-refractivity contribution in [1.29, 1.82) is 5.26 Å². The standard InChI is InChI=1S/C12H8N4O3S/c13-4-8-5-15-12-9(8)2-1-3-10(12)16-20(17,18)11-6-14-7-19-11/h1-3,5-7,15-16H. The monoisotopic (exact) mass is 288 g/mol. The summed E-state index contributed by atoms with van der Waals surface area (Å²) in [6.07, 6.45) is 3.67. The van der Waals surface area contributed by atoms with Gasteiger partial charge in [-0.05, 0) is 6.07 Å². The number of benzene rings is 1. The highest BCUT2D eigenvalue weighted by Gasteiger charge is 2.19. The number of anilines is 1. The third-order valence-corrected chi connectivity index (χ3v) is 3.97. The number of hydrogen-bond acceptors (Lipinski definition) is 5. The van der Waals surface area contributed by atoms with E-state index >= 15 is 0 Å². The summed E-state index contributed by atoms with van der Waals surface area (Å²) in [5.41, 5.74) is 1.31. The summed E-state index contributed by atoms with van der Waals surface area (Å²) >= 11 is 0. The van der Waals surface area contributed by atoms with E-state index in [0.717, 1.165) is 12.6 Å². The number of oxazole rings is 1. The van der Waals surface area contributed by atoms with E-state index in [1.807, 2.05) is 6.07 Å². The lowest BCUT2D eigenvalue weighted by Gasteiger charge is -2.06. The van der Waals surface area contributed by atoms with Crippen molar-refractivity contribution >= 4 is 26.6 Å². The SMILES string of the molecule is N#Cc1c[nH]c2c(NS(=O)(=O)c3cnco3)cccc12. The number of aromatic nitrogens is 2. The van der Waals surface area contributed by atoms with E-state index in [1.165, 1.54) is 6.20 Å². The fourth-order valence-corrected chi connectivity index (χ4v) is 2.79. The smallest absolute Gasteiger partial charge is 0.297 e. The molecule has 0 aliphatic rings. The third-order valence-electron chi connectivity index (χ3n) is 2.75. The first kappa shape index (κ1) is 12.3. The van der Waals surface area contributed by atoms with E-state index in [0.29, 0.717) is 22.2 Å². The molecule has 7 nitrogen and oxygen atoms in total. The summed E-state index contributed by atoms with van der Waals surface area (Å²) in [5, 5.41) is 9.33. The van der Waals surface area contributed by atoms with Crippen LogP contribution in [-0.4, -0.2) is 18.4 Å². The first-order chi connectivity index (χ1) is 9.62. The van der Waals surface area contributed by atoms with Gasteiger partial charge in [-0.2, -0.15) is 13.7 Å². The molecule has 8 heteroatoms. The van der Waals surface area contributed by atoms with Crippen LogP contribution in [0.15, 0.2) is 46.5 Å². The Morgan fingerprint density at radius 2 is 2.25 bits per heavy atom. The Morgan fingerprint density at radius 3 is 2.95 bits per heavy atom. The van der Waals surface area contributed by atoms with Crippen molar-refractivity contribution in [2.24, 2.45) is 0 Å².